The van der Waals surface area contributed by atoms with E-state index in [1.165, 1.54) is 0 Å². The van der Waals surface area contributed by atoms with Crippen molar-refractivity contribution in [2.45, 2.75) is 13.0 Å². The first-order chi connectivity index (χ1) is 12.3. The summed E-state index contributed by atoms with van der Waals surface area (Å²) in [5.74, 6) is 1.56. The maximum Gasteiger partial charge on any atom is 0.203 e. The Hall–Kier alpha value is -3.28. The van der Waals surface area contributed by atoms with Gasteiger partial charge in [-0.15, -0.1) is 0 Å². The molecule has 2 aromatic heterocycles. The molecule has 2 aliphatic heterocycles. The third kappa shape index (κ3) is 2.26. The minimum Gasteiger partial charge on any atom is -0.493 e. The number of fused-ring (bicyclic) bond motifs is 2. The van der Waals surface area contributed by atoms with Crippen molar-refractivity contribution in [1.82, 2.24) is 14.8 Å². The normalized spacial score (nSPS) is 15.4. The largest absolute Gasteiger partial charge is 0.493 e. The Morgan fingerprint density at radius 3 is 2.96 bits per heavy atom. The topological polar surface area (TPSA) is 69.4 Å². The summed E-state index contributed by atoms with van der Waals surface area (Å²) in [6.45, 7) is 0.888. The van der Waals surface area contributed by atoms with Crippen molar-refractivity contribution in [3.63, 3.8) is 0 Å². The summed E-state index contributed by atoms with van der Waals surface area (Å²) < 4.78 is 7.19. The van der Waals surface area contributed by atoms with E-state index in [4.69, 9.17) is 4.74 Å². The van der Waals surface area contributed by atoms with E-state index in [2.05, 4.69) is 15.1 Å². The van der Waals surface area contributed by atoms with Gasteiger partial charge in [0, 0.05) is 35.5 Å². The second-order valence-electron chi connectivity index (χ2n) is 6.09. The summed E-state index contributed by atoms with van der Waals surface area (Å²) in [6, 6.07) is 9.66. The van der Waals surface area contributed by atoms with Crippen LogP contribution in [0.15, 0.2) is 53.9 Å². The van der Waals surface area contributed by atoms with Gasteiger partial charge in [0.1, 0.15) is 18.0 Å². The van der Waals surface area contributed by atoms with Crippen molar-refractivity contribution in [3.05, 3.63) is 60.0 Å². The van der Waals surface area contributed by atoms with Crippen LogP contribution in [0.25, 0.3) is 11.1 Å². The summed E-state index contributed by atoms with van der Waals surface area (Å²) in [7, 11) is 0. The standard InChI is InChI=1S/C19H14N4O2/c24-16-11-23-19(15(10-21-23)14-2-1-6-20-9-14)22-18(16)13-3-4-17-12(8-13)5-7-25-17/h1-4,6,8-10H,5,7,11H2. The molecule has 0 saturated heterocycles. The lowest BCUT2D eigenvalue weighted by Gasteiger charge is -2.15. The maximum atomic E-state index is 12.6. The van der Waals surface area contributed by atoms with Crippen molar-refractivity contribution in [3.8, 4) is 16.9 Å². The number of aliphatic imine (C=N–C) groups is 1. The van der Waals surface area contributed by atoms with Crippen molar-refractivity contribution < 1.29 is 9.53 Å². The van der Waals surface area contributed by atoms with Gasteiger partial charge in [-0.3, -0.25) is 9.78 Å². The van der Waals surface area contributed by atoms with E-state index < -0.39 is 0 Å². The molecule has 0 N–H and O–H groups in total. The second-order valence-corrected chi connectivity index (χ2v) is 6.09. The number of nitrogens with zero attached hydrogens (tertiary/aromatic N) is 4. The molecule has 0 bridgehead atoms. The molecule has 2 aliphatic rings. The number of benzene rings is 1. The summed E-state index contributed by atoms with van der Waals surface area (Å²) in [5.41, 5.74) is 4.25. The number of hydrogen-bond donors (Lipinski definition) is 0. The number of carbonyl (C=O) groups excluding carboxylic acids is 1. The van der Waals surface area contributed by atoms with E-state index in [0.717, 1.165) is 34.4 Å². The van der Waals surface area contributed by atoms with Crippen LogP contribution in [0, 0.1) is 0 Å². The maximum absolute atomic E-state index is 12.6. The zero-order valence-electron chi connectivity index (χ0n) is 13.3. The molecule has 4 heterocycles. The Labute approximate surface area is 143 Å². The zero-order valence-corrected chi connectivity index (χ0v) is 13.3. The van der Waals surface area contributed by atoms with Gasteiger partial charge in [-0.1, -0.05) is 6.07 Å². The molecular weight excluding hydrogens is 316 g/mol. The predicted molar refractivity (Wildman–Crippen MR) is 92.3 cm³/mol. The molecule has 0 spiro atoms. The third-order valence-corrected chi connectivity index (χ3v) is 4.52. The van der Waals surface area contributed by atoms with Gasteiger partial charge in [0.05, 0.1) is 12.8 Å². The van der Waals surface area contributed by atoms with Crippen LogP contribution in [0.1, 0.15) is 11.1 Å². The van der Waals surface area contributed by atoms with Gasteiger partial charge in [0.15, 0.2) is 5.82 Å². The van der Waals surface area contributed by atoms with Crippen molar-refractivity contribution in [1.29, 1.82) is 0 Å². The highest BCUT2D eigenvalue weighted by atomic mass is 16.5. The SMILES string of the molecule is O=C1Cn2ncc(-c3cccnc3)c2N=C1c1ccc2c(c1)CCO2. The van der Waals surface area contributed by atoms with E-state index >= 15 is 0 Å². The number of carbonyl (C=O) groups is 1. The highest BCUT2D eigenvalue weighted by Crippen LogP contribution is 2.33. The lowest BCUT2D eigenvalue weighted by molar-refractivity contribution is -0.113. The van der Waals surface area contributed by atoms with E-state index in [1.54, 1.807) is 23.3 Å². The van der Waals surface area contributed by atoms with Gasteiger partial charge in [-0.25, -0.2) is 9.67 Å². The number of aromatic nitrogens is 3. The van der Waals surface area contributed by atoms with Gasteiger partial charge in [-0.2, -0.15) is 5.10 Å². The summed E-state index contributed by atoms with van der Waals surface area (Å²) >= 11 is 0. The summed E-state index contributed by atoms with van der Waals surface area (Å²) in [5, 5.41) is 4.31. The fraction of sp³-hybridized carbons (Fsp3) is 0.158. The van der Waals surface area contributed by atoms with Crippen LogP contribution in [-0.4, -0.2) is 32.9 Å². The molecule has 0 saturated carbocycles. The molecule has 0 aliphatic carbocycles. The Morgan fingerprint density at radius 1 is 1.12 bits per heavy atom. The second kappa shape index (κ2) is 5.37. The summed E-state index contributed by atoms with van der Waals surface area (Å²) in [6.07, 6.45) is 6.10. The van der Waals surface area contributed by atoms with Gasteiger partial charge in [0.25, 0.3) is 0 Å². The van der Waals surface area contributed by atoms with Crippen LogP contribution in [0.4, 0.5) is 5.82 Å². The molecule has 122 valence electrons. The molecule has 0 radical (unpaired) electrons. The van der Waals surface area contributed by atoms with Crippen LogP contribution in [0.5, 0.6) is 5.75 Å². The quantitative estimate of drug-likeness (QED) is 0.724. The Bertz CT molecular complexity index is 1020. The fourth-order valence-electron chi connectivity index (χ4n) is 3.28. The number of rotatable bonds is 2. The van der Waals surface area contributed by atoms with Crippen molar-refractivity contribution >= 4 is 17.3 Å². The highest BCUT2D eigenvalue weighted by molar-refractivity contribution is 6.47. The van der Waals surface area contributed by atoms with Gasteiger partial charge < -0.3 is 4.74 Å². The number of ketones is 1. The molecular formula is C19H14N4O2. The first-order valence-corrected chi connectivity index (χ1v) is 8.14. The average Bonchev–Trinajstić information content (AvgIpc) is 3.27. The molecule has 6 nitrogen and oxygen atoms in total. The van der Waals surface area contributed by atoms with Gasteiger partial charge >= 0.3 is 0 Å². The number of ether oxygens (including phenoxy) is 1. The molecule has 25 heavy (non-hydrogen) atoms. The van der Waals surface area contributed by atoms with Crippen LogP contribution < -0.4 is 4.74 Å². The number of pyridine rings is 1. The Kier molecular flexibility index (Phi) is 3.03. The molecule has 0 atom stereocenters. The van der Waals surface area contributed by atoms with Gasteiger partial charge in [0.2, 0.25) is 5.78 Å². The van der Waals surface area contributed by atoms with E-state index in [0.29, 0.717) is 18.1 Å². The van der Waals surface area contributed by atoms with Crippen LogP contribution >= 0.6 is 0 Å². The zero-order chi connectivity index (χ0) is 16.8. The molecule has 0 fully saturated rings. The summed E-state index contributed by atoms with van der Waals surface area (Å²) in [4.78, 5) is 21.4. The molecule has 0 amide bonds. The average molecular weight is 330 g/mol. The molecule has 0 unspecified atom stereocenters. The molecule has 3 aromatic rings. The van der Waals surface area contributed by atoms with Crippen LogP contribution in [-0.2, 0) is 17.8 Å². The lowest BCUT2D eigenvalue weighted by Crippen LogP contribution is -2.25. The third-order valence-electron chi connectivity index (χ3n) is 4.52. The van der Waals surface area contributed by atoms with Crippen LogP contribution in [0.2, 0.25) is 0 Å². The van der Waals surface area contributed by atoms with E-state index in [1.807, 2.05) is 30.3 Å². The van der Waals surface area contributed by atoms with E-state index in [-0.39, 0.29) is 12.3 Å². The first-order valence-electron chi connectivity index (χ1n) is 8.14. The van der Waals surface area contributed by atoms with Crippen molar-refractivity contribution in [2.75, 3.05) is 6.61 Å². The predicted octanol–water partition coefficient (Wildman–Crippen LogP) is 2.58. The Morgan fingerprint density at radius 2 is 2.08 bits per heavy atom. The minimum atomic E-state index is -0.0350. The van der Waals surface area contributed by atoms with Crippen molar-refractivity contribution in [2.24, 2.45) is 4.99 Å². The highest BCUT2D eigenvalue weighted by Gasteiger charge is 2.26. The van der Waals surface area contributed by atoms with E-state index in [9.17, 15) is 4.79 Å². The fourth-order valence-corrected chi connectivity index (χ4v) is 3.28. The smallest absolute Gasteiger partial charge is 0.203 e. The minimum absolute atomic E-state index is 0.0350. The lowest BCUT2D eigenvalue weighted by atomic mass is 10.0. The van der Waals surface area contributed by atoms with Gasteiger partial charge in [-0.05, 0) is 29.8 Å². The number of hydrogen-bond acceptors (Lipinski definition) is 5. The molecule has 1 aromatic carbocycles. The van der Waals surface area contributed by atoms with Crippen LogP contribution in [0.3, 0.4) is 0 Å². The number of Topliss-reactive ketones (excluding diaryl/α,β-unsaturated/α-hetero) is 1. The molecule has 5 rings (SSSR count). The molecule has 6 heteroatoms. The first kappa shape index (κ1) is 14.1. The Balaban J connectivity index is 1.63. The monoisotopic (exact) mass is 330 g/mol.